The molecule has 0 aromatic rings. The van der Waals surface area contributed by atoms with E-state index in [0.717, 1.165) is 44.9 Å². The molecule has 1 saturated heterocycles. The maximum absolute atomic E-state index is 13.2. The van der Waals surface area contributed by atoms with Crippen LogP contribution in [0.15, 0.2) is 48.6 Å². The average molecular weight is 1230 g/mol. The monoisotopic (exact) mass is 1230 g/mol. The van der Waals surface area contributed by atoms with Gasteiger partial charge in [0.2, 0.25) is 5.91 Å². The summed E-state index contributed by atoms with van der Waals surface area (Å²) in [6.07, 6.45) is 85.4. The summed E-state index contributed by atoms with van der Waals surface area (Å²) < 4.78 is 11.3. The minimum Gasteiger partial charge on any atom is -0.394 e. The van der Waals surface area contributed by atoms with Crippen molar-refractivity contribution in [2.45, 2.75) is 429 Å². The lowest BCUT2D eigenvalue weighted by atomic mass is 9.99. The Kier molecular flexibility index (Phi) is 64.1. The smallest absolute Gasteiger partial charge is 0.220 e. The molecule has 1 amide bonds. The number of ether oxygens (including phenoxy) is 2. The van der Waals surface area contributed by atoms with Gasteiger partial charge in [-0.25, -0.2) is 0 Å². The fourth-order valence-corrected chi connectivity index (χ4v) is 12.4. The number of unbranched alkanes of at least 4 members (excludes halogenated alkanes) is 52. The summed E-state index contributed by atoms with van der Waals surface area (Å²) in [5.41, 5.74) is 0. The third-order valence-corrected chi connectivity index (χ3v) is 18.4. The molecule has 1 rings (SSSR count). The van der Waals surface area contributed by atoms with Crippen LogP contribution in [-0.4, -0.2) is 87.5 Å². The first kappa shape index (κ1) is 83.2. The summed E-state index contributed by atoms with van der Waals surface area (Å²) in [7, 11) is 0. The van der Waals surface area contributed by atoms with Crippen LogP contribution in [0.5, 0.6) is 0 Å². The number of aliphatic hydroxyl groups is 5. The summed E-state index contributed by atoms with van der Waals surface area (Å²) in [4.78, 5) is 13.2. The van der Waals surface area contributed by atoms with Crippen molar-refractivity contribution in [1.29, 1.82) is 0 Å². The number of allylic oxidation sites excluding steroid dienone is 7. The van der Waals surface area contributed by atoms with Crippen LogP contribution in [0.3, 0.4) is 0 Å². The summed E-state index contributed by atoms with van der Waals surface area (Å²) in [6, 6.07) is -0.823. The van der Waals surface area contributed by atoms with Crippen LogP contribution in [-0.2, 0) is 14.3 Å². The van der Waals surface area contributed by atoms with Crippen molar-refractivity contribution in [3.8, 4) is 0 Å². The molecule has 7 atom stereocenters. The quantitative estimate of drug-likeness (QED) is 0.0261. The van der Waals surface area contributed by atoms with Crippen LogP contribution in [0.4, 0.5) is 0 Å². The highest BCUT2D eigenvalue weighted by Gasteiger charge is 2.44. The van der Waals surface area contributed by atoms with Gasteiger partial charge in [0, 0.05) is 6.42 Å². The highest BCUT2D eigenvalue weighted by molar-refractivity contribution is 5.76. The molecule has 0 aliphatic carbocycles. The molecule has 512 valence electrons. The molecular weight excluding hydrogens is 1080 g/mol. The van der Waals surface area contributed by atoms with Crippen molar-refractivity contribution in [3.05, 3.63) is 48.6 Å². The molecular formula is C78H147NO8. The number of hydrogen-bond acceptors (Lipinski definition) is 8. The molecule has 9 heteroatoms. The van der Waals surface area contributed by atoms with Gasteiger partial charge in [-0.05, 0) is 64.2 Å². The zero-order valence-corrected chi connectivity index (χ0v) is 57.5. The van der Waals surface area contributed by atoms with Crippen LogP contribution < -0.4 is 5.32 Å². The largest absolute Gasteiger partial charge is 0.394 e. The second-order valence-corrected chi connectivity index (χ2v) is 26.8. The van der Waals surface area contributed by atoms with Gasteiger partial charge in [0.15, 0.2) is 6.29 Å². The number of hydrogen-bond donors (Lipinski definition) is 6. The number of nitrogens with one attached hydrogen (secondary N) is 1. The Morgan fingerprint density at radius 2 is 0.690 bits per heavy atom. The lowest BCUT2D eigenvalue weighted by molar-refractivity contribution is -0.302. The first-order valence-electron chi connectivity index (χ1n) is 38.4. The highest BCUT2D eigenvalue weighted by atomic mass is 16.7. The number of carbonyl (C=O) groups excluding carboxylic acids is 1. The second kappa shape index (κ2) is 67.1. The molecule has 0 aromatic carbocycles. The zero-order chi connectivity index (χ0) is 62.8. The molecule has 0 saturated carbocycles. The topological polar surface area (TPSA) is 149 Å². The van der Waals surface area contributed by atoms with Gasteiger partial charge < -0.3 is 40.3 Å². The average Bonchev–Trinajstić information content (AvgIpc) is 3.37. The van der Waals surface area contributed by atoms with E-state index in [1.807, 2.05) is 6.08 Å². The number of rotatable bonds is 68. The Morgan fingerprint density at radius 1 is 0.391 bits per heavy atom. The summed E-state index contributed by atoms with van der Waals surface area (Å²) >= 11 is 0. The van der Waals surface area contributed by atoms with Crippen LogP contribution in [0.25, 0.3) is 0 Å². The molecule has 1 heterocycles. The molecule has 1 fully saturated rings. The van der Waals surface area contributed by atoms with E-state index in [9.17, 15) is 30.3 Å². The van der Waals surface area contributed by atoms with Gasteiger partial charge in [0.25, 0.3) is 0 Å². The van der Waals surface area contributed by atoms with E-state index in [2.05, 4.69) is 55.6 Å². The van der Waals surface area contributed by atoms with Crippen molar-refractivity contribution in [3.63, 3.8) is 0 Å². The molecule has 0 radical (unpaired) electrons. The van der Waals surface area contributed by atoms with Crippen molar-refractivity contribution in [2.24, 2.45) is 0 Å². The molecule has 1 aliphatic rings. The van der Waals surface area contributed by atoms with Crippen LogP contribution in [0.1, 0.15) is 386 Å². The van der Waals surface area contributed by atoms with Crippen molar-refractivity contribution in [1.82, 2.24) is 5.32 Å². The predicted molar refractivity (Wildman–Crippen MR) is 373 cm³/mol. The molecule has 0 aromatic heterocycles. The Hall–Kier alpha value is -1.85. The van der Waals surface area contributed by atoms with E-state index < -0.39 is 49.5 Å². The zero-order valence-electron chi connectivity index (χ0n) is 57.5. The van der Waals surface area contributed by atoms with Crippen molar-refractivity contribution < 1.29 is 39.8 Å². The third-order valence-electron chi connectivity index (χ3n) is 18.4. The lowest BCUT2D eigenvalue weighted by Gasteiger charge is -2.40. The molecule has 87 heavy (non-hydrogen) atoms. The summed E-state index contributed by atoms with van der Waals surface area (Å²) in [5.74, 6) is -0.179. The minimum atomic E-state index is -1.57. The van der Waals surface area contributed by atoms with E-state index in [-0.39, 0.29) is 12.5 Å². The van der Waals surface area contributed by atoms with E-state index in [1.54, 1.807) is 6.08 Å². The number of aliphatic hydroxyl groups excluding tert-OH is 5. The Balaban J connectivity index is 2.08. The van der Waals surface area contributed by atoms with Crippen molar-refractivity contribution >= 4 is 5.91 Å². The third kappa shape index (κ3) is 55.5. The van der Waals surface area contributed by atoms with Gasteiger partial charge >= 0.3 is 0 Å². The van der Waals surface area contributed by atoms with Crippen LogP contribution in [0.2, 0.25) is 0 Å². The molecule has 7 unspecified atom stereocenters. The second-order valence-electron chi connectivity index (χ2n) is 26.8. The lowest BCUT2D eigenvalue weighted by Crippen LogP contribution is -2.60. The molecule has 9 nitrogen and oxygen atoms in total. The van der Waals surface area contributed by atoms with Gasteiger partial charge in [-0.1, -0.05) is 364 Å². The van der Waals surface area contributed by atoms with Crippen LogP contribution >= 0.6 is 0 Å². The number of carbonyl (C=O) groups is 1. The van der Waals surface area contributed by atoms with Gasteiger partial charge in [-0.3, -0.25) is 4.79 Å². The summed E-state index contributed by atoms with van der Waals surface area (Å²) in [5, 5.41) is 54.8. The van der Waals surface area contributed by atoms with E-state index in [0.29, 0.717) is 6.42 Å². The fourth-order valence-electron chi connectivity index (χ4n) is 12.4. The van der Waals surface area contributed by atoms with Gasteiger partial charge in [0.1, 0.15) is 24.4 Å². The Labute approximate surface area is 539 Å². The van der Waals surface area contributed by atoms with E-state index in [1.165, 1.54) is 321 Å². The Morgan fingerprint density at radius 3 is 1.03 bits per heavy atom. The SMILES string of the molecule is CCCCCCC/C=C\C/C=C\CCCCCCCCCCCCCCCCCCCCCCCCCCCC(=O)NC(COC1OC(CO)C(O)C(O)C1O)C(O)/C=C/CC/C=C/CCCCCCCCCCCCCCCCCCCCCCC. The van der Waals surface area contributed by atoms with Gasteiger partial charge in [-0.15, -0.1) is 0 Å². The maximum atomic E-state index is 13.2. The van der Waals surface area contributed by atoms with E-state index in [4.69, 9.17) is 9.47 Å². The molecule has 1 aliphatic heterocycles. The molecule has 0 spiro atoms. The van der Waals surface area contributed by atoms with E-state index >= 15 is 0 Å². The van der Waals surface area contributed by atoms with Crippen molar-refractivity contribution in [2.75, 3.05) is 13.2 Å². The van der Waals surface area contributed by atoms with Gasteiger partial charge in [0.05, 0.1) is 25.4 Å². The predicted octanol–water partition coefficient (Wildman–Crippen LogP) is 21.5. The van der Waals surface area contributed by atoms with Crippen LogP contribution in [0, 0.1) is 0 Å². The highest BCUT2D eigenvalue weighted by Crippen LogP contribution is 2.24. The first-order chi connectivity index (χ1) is 42.8. The molecule has 0 bridgehead atoms. The standard InChI is InChI=1S/C78H147NO8/c1-3-5-7-9-11-13-15-17-19-21-23-25-27-29-31-32-33-34-35-36-37-38-39-40-42-44-46-48-50-52-54-56-58-60-62-64-66-68-74(82)79-71(70-86-78-77(85)76(84)75(83)73(69-80)87-78)72(81)67-65-63-61-59-57-55-53-51-49-47-45-43-41-30-28-26-24-22-20-18-16-14-12-10-8-6-4-2/h15,17,21,23,57,59,65,67,71-73,75-78,80-81,83-85H,3-14,16,18-20,22,24-56,58,60-64,66,68-70H2,1-2H3,(H,79,82)/b17-15-,23-21-,59-57+,67-65+. The van der Waals surface area contributed by atoms with Gasteiger partial charge in [-0.2, -0.15) is 0 Å². The fraction of sp³-hybridized carbons (Fsp3) is 0.885. The maximum Gasteiger partial charge on any atom is 0.220 e. The summed E-state index contributed by atoms with van der Waals surface area (Å²) in [6.45, 7) is 3.81. The molecule has 6 N–H and O–H groups in total. The normalized spacial score (nSPS) is 18.2. The minimum absolute atomic E-state index is 0.179. The Bertz CT molecular complexity index is 1520. The number of amides is 1. The first-order valence-corrected chi connectivity index (χ1v) is 38.4.